The molecule has 0 atom stereocenters. The zero-order chi connectivity index (χ0) is 18.4. The molecule has 2 aromatic carbocycles. The number of ether oxygens (including phenoxy) is 5. The van der Waals surface area contributed by atoms with Crippen molar-refractivity contribution < 1.29 is 28.5 Å². The van der Waals surface area contributed by atoms with E-state index >= 15 is 0 Å². The molecule has 1 amide bonds. The Hall–Kier alpha value is -3.42. The van der Waals surface area contributed by atoms with Crippen molar-refractivity contribution in [2.75, 3.05) is 27.6 Å². The van der Waals surface area contributed by atoms with Crippen LogP contribution in [0.4, 0.5) is 0 Å². The lowest BCUT2D eigenvalue weighted by atomic mass is 10.2. The number of amides is 1. The van der Waals surface area contributed by atoms with E-state index in [9.17, 15) is 4.79 Å². The third-order valence-corrected chi connectivity index (χ3v) is 3.55. The zero-order valence-electron chi connectivity index (χ0n) is 14.4. The maximum absolute atomic E-state index is 11.8. The van der Waals surface area contributed by atoms with Gasteiger partial charge in [-0.05, 0) is 30.3 Å². The summed E-state index contributed by atoms with van der Waals surface area (Å²) in [7, 11) is 3.12. The van der Waals surface area contributed by atoms with E-state index in [1.54, 1.807) is 43.5 Å². The molecule has 0 aliphatic carbocycles. The van der Waals surface area contributed by atoms with Gasteiger partial charge in [0.1, 0.15) is 17.2 Å². The van der Waals surface area contributed by atoms with Gasteiger partial charge in [-0.2, -0.15) is 5.10 Å². The Bertz CT molecular complexity index is 804. The molecule has 8 nitrogen and oxygen atoms in total. The predicted octanol–water partition coefficient (Wildman–Crippen LogP) is 1.96. The van der Waals surface area contributed by atoms with Gasteiger partial charge in [0.05, 0.1) is 20.4 Å². The number of methoxy groups -OCH3 is 2. The van der Waals surface area contributed by atoms with Crippen LogP contribution in [-0.4, -0.2) is 39.7 Å². The van der Waals surface area contributed by atoms with Crippen molar-refractivity contribution in [2.24, 2.45) is 5.10 Å². The van der Waals surface area contributed by atoms with E-state index in [4.69, 9.17) is 23.7 Å². The Labute approximate surface area is 150 Å². The highest BCUT2D eigenvalue weighted by molar-refractivity contribution is 5.86. The molecule has 1 aliphatic rings. The lowest BCUT2D eigenvalue weighted by molar-refractivity contribution is -0.123. The van der Waals surface area contributed by atoms with Crippen LogP contribution >= 0.6 is 0 Å². The minimum absolute atomic E-state index is 0.165. The summed E-state index contributed by atoms with van der Waals surface area (Å²) in [6, 6.07) is 10.4. The highest BCUT2D eigenvalue weighted by Crippen LogP contribution is 2.37. The van der Waals surface area contributed by atoms with E-state index < -0.39 is 5.91 Å². The van der Waals surface area contributed by atoms with Crippen LogP contribution in [0.25, 0.3) is 0 Å². The van der Waals surface area contributed by atoms with E-state index in [2.05, 4.69) is 10.5 Å². The molecule has 1 heterocycles. The van der Waals surface area contributed by atoms with Crippen molar-refractivity contribution in [3.05, 3.63) is 42.0 Å². The molecule has 136 valence electrons. The summed E-state index contributed by atoms with van der Waals surface area (Å²) < 4.78 is 26.3. The normalized spacial score (nSPS) is 12.1. The second kappa shape index (κ2) is 8.11. The molecule has 0 fully saturated rings. The molecule has 0 radical (unpaired) electrons. The molecule has 0 spiro atoms. The monoisotopic (exact) mass is 358 g/mol. The van der Waals surface area contributed by atoms with Crippen molar-refractivity contribution in [3.63, 3.8) is 0 Å². The molecular weight excluding hydrogens is 340 g/mol. The molecule has 3 rings (SSSR count). The van der Waals surface area contributed by atoms with Crippen LogP contribution in [0.1, 0.15) is 5.56 Å². The summed E-state index contributed by atoms with van der Waals surface area (Å²) in [5.41, 5.74) is 3.04. The van der Waals surface area contributed by atoms with Crippen LogP contribution in [0, 0.1) is 0 Å². The highest BCUT2D eigenvalue weighted by atomic mass is 16.7. The molecule has 0 saturated carbocycles. The summed E-state index contributed by atoms with van der Waals surface area (Å²) in [4.78, 5) is 11.8. The Morgan fingerprint density at radius 2 is 1.81 bits per heavy atom. The van der Waals surface area contributed by atoms with Gasteiger partial charge in [-0.15, -0.1) is 0 Å². The van der Waals surface area contributed by atoms with Crippen LogP contribution in [0.3, 0.4) is 0 Å². The zero-order valence-corrected chi connectivity index (χ0v) is 14.4. The largest absolute Gasteiger partial charge is 0.497 e. The maximum Gasteiger partial charge on any atom is 0.277 e. The fourth-order valence-electron chi connectivity index (χ4n) is 2.24. The van der Waals surface area contributed by atoms with E-state index in [1.165, 1.54) is 13.3 Å². The summed E-state index contributed by atoms with van der Waals surface area (Å²) in [5, 5.41) is 3.91. The van der Waals surface area contributed by atoms with E-state index in [1.807, 2.05) is 0 Å². The molecule has 8 heteroatoms. The van der Waals surface area contributed by atoms with Crippen molar-refractivity contribution in [1.82, 2.24) is 5.43 Å². The van der Waals surface area contributed by atoms with Gasteiger partial charge in [0.25, 0.3) is 5.91 Å². The third-order valence-electron chi connectivity index (χ3n) is 3.55. The molecule has 1 N–H and O–H groups in total. The fourth-order valence-corrected chi connectivity index (χ4v) is 2.24. The van der Waals surface area contributed by atoms with Crippen molar-refractivity contribution in [2.45, 2.75) is 0 Å². The van der Waals surface area contributed by atoms with Crippen LogP contribution < -0.4 is 29.1 Å². The molecular formula is C18H18N2O6. The van der Waals surface area contributed by atoms with Crippen LogP contribution in [0.2, 0.25) is 0 Å². The van der Waals surface area contributed by atoms with E-state index in [0.717, 1.165) is 0 Å². The first-order valence-corrected chi connectivity index (χ1v) is 7.76. The first-order valence-electron chi connectivity index (χ1n) is 7.76. The van der Waals surface area contributed by atoms with Gasteiger partial charge in [0.15, 0.2) is 18.1 Å². The standard InChI is InChI=1S/C18H18N2O6/c1-22-13-3-5-14(6-4-13)24-10-18(21)20-19-9-12-7-16-17(26-11-25-16)8-15(12)23-2/h3-9H,10-11H2,1-2H3,(H,20,21)/b19-9-. The lowest BCUT2D eigenvalue weighted by Crippen LogP contribution is -2.24. The molecule has 1 aliphatic heterocycles. The first kappa shape index (κ1) is 17.4. The van der Waals surface area contributed by atoms with Crippen molar-refractivity contribution in [3.8, 4) is 28.7 Å². The number of hydrogen-bond acceptors (Lipinski definition) is 7. The fraction of sp³-hybridized carbons (Fsp3) is 0.222. The molecule has 0 unspecified atom stereocenters. The van der Waals surface area contributed by atoms with Gasteiger partial charge >= 0.3 is 0 Å². The van der Waals surface area contributed by atoms with E-state index in [0.29, 0.717) is 34.3 Å². The lowest BCUT2D eigenvalue weighted by Gasteiger charge is -2.07. The van der Waals surface area contributed by atoms with E-state index in [-0.39, 0.29) is 13.4 Å². The number of fused-ring (bicyclic) bond motifs is 1. The first-order chi connectivity index (χ1) is 12.7. The SMILES string of the molecule is COc1ccc(OCC(=O)N/N=C\c2cc3c(cc2OC)OCO3)cc1. The quantitative estimate of drug-likeness (QED) is 0.601. The van der Waals surface area contributed by atoms with Gasteiger partial charge in [-0.25, -0.2) is 5.43 Å². The number of carbonyl (C=O) groups is 1. The molecule has 0 bridgehead atoms. The summed E-state index contributed by atoms with van der Waals surface area (Å²) in [6.07, 6.45) is 1.46. The maximum atomic E-state index is 11.8. The number of hydrogen-bond donors (Lipinski definition) is 1. The third kappa shape index (κ3) is 4.15. The average Bonchev–Trinajstić information content (AvgIpc) is 3.13. The summed E-state index contributed by atoms with van der Waals surface area (Å²) >= 11 is 0. The minimum atomic E-state index is -0.392. The minimum Gasteiger partial charge on any atom is -0.497 e. The van der Waals surface area contributed by atoms with Crippen LogP contribution in [0.15, 0.2) is 41.5 Å². The number of hydrazone groups is 1. The summed E-state index contributed by atoms with van der Waals surface area (Å²) in [5.74, 6) is 2.64. The van der Waals surface area contributed by atoms with Crippen LogP contribution in [0.5, 0.6) is 28.7 Å². The highest BCUT2D eigenvalue weighted by Gasteiger charge is 2.17. The van der Waals surface area contributed by atoms with Gasteiger partial charge in [0, 0.05) is 11.6 Å². The number of rotatable bonds is 7. The Morgan fingerprint density at radius 1 is 1.12 bits per heavy atom. The topological polar surface area (TPSA) is 87.6 Å². The molecule has 26 heavy (non-hydrogen) atoms. The number of nitrogens with zero attached hydrogens (tertiary/aromatic N) is 1. The molecule has 0 saturated heterocycles. The number of nitrogens with one attached hydrogen (secondary N) is 1. The van der Waals surface area contributed by atoms with Gasteiger partial charge in [-0.3, -0.25) is 4.79 Å². The van der Waals surface area contributed by atoms with Gasteiger partial charge < -0.3 is 23.7 Å². The molecule has 2 aromatic rings. The molecule has 0 aromatic heterocycles. The second-order valence-electron chi connectivity index (χ2n) is 5.20. The van der Waals surface area contributed by atoms with Crippen LogP contribution in [-0.2, 0) is 4.79 Å². The Balaban J connectivity index is 1.54. The smallest absolute Gasteiger partial charge is 0.277 e. The second-order valence-corrected chi connectivity index (χ2v) is 5.20. The number of benzene rings is 2. The van der Waals surface area contributed by atoms with Crippen molar-refractivity contribution in [1.29, 1.82) is 0 Å². The average molecular weight is 358 g/mol. The summed E-state index contributed by atoms with van der Waals surface area (Å²) in [6.45, 7) is 0.000458. The number of carbonyl (C=O) groups excluding carboxylic acids is 1. The van der Waals surface area contributed by atoms with Gasteiger partial charge in [0.2, 0.25) is 6.79 Å². The Morgan fingerprint density at radius 3 is 2.50 bits per heavy atom. The Kier molecular flexibility index (Phi) is 5.43. The van der Waals surface area contributed by atoms with Gasteiger partial charge in [-0.1, -0.05) is 0 Å². The van der Waals surface area contributed by atoms with Crippen molar-refractivity contribution >= 4 is 12.1 Å². The predicted molar refractivity (Wildman–Crippen MR) is 93.3 cm³/mol.